The Morgan fingerprint density at radius 3 is 2.90 bits per heavy atom. The van der Waals surface area contributed by atoms with Crippen LogP contribution in [0.3, 0.4) is 0 Å². The summed E-state index contributed by atoms with van der Waals surface area (Å²) >= 11 is 6.02. The van der Waals surface area contributed by atoms with Crippen molar-refractivity contribution in [2.24, 2.45) is 0 Å². The second-order valence-electron chi connectivity index (χ2n) is 6.30. The molecule has 9 nitrogen and oxygen atoms in total. The molecule has 0 spiro atoms. The zero-order valence-electron chi connectivity index (χ0n) is 15.1. The van der Waals surface area contributed by atoms with Crippen LogP contribution in [0.2, 0.25) is 5.15 Å². The third-order valence-electron chi connectivity index (χ3n) is 4.32. The number of aryl methyl sites for hydroxylation is 1. The molecule has 0 atom stereocenters. The maximum atomic E-state index is 6.02. The largest absolute Gasteiger partial charge is 0.457 e. The lowest BCUT2D eigenvalue weighted by molar-refractivity contribution is 0.478. The fourth-order valence-corrected chi connectivity index (χ4v) is 3.08. The molecule has 0 saturated carbocycles. The molecule has 5 aromatic rings. The van der Waals surface area contributed by atoms with Crippen LogP contribution in [0.5, 0.6) is 11.5 Å². The van der Waals surface area contributed by atoms with Crippen LogP contribution in [0.15, 0.2) is 55.1 Å². The third-order valence-corrected chi connectivity index (χ3v) is 4.53. The van der Waals surface area contributed by atoms with Gasteiger partial charge in [0.15, 0.2) is 5.65 Å². The smallest absolute Gasteiger partial charge is 0.182 e. The van der Waals surface area contributed by atoms with Gasteiger partial charge in [0.25, 0.3) is 0 Å². The number of fused-ring (bicyclic) bond motifs is 2. The normalized spacial score (nSPS) is 11.1. The van der Waals surface area contributed by atoms with Crippen molar-refractivity contribution < 1.29 is 4.74 Å². The van der Waals surface area contributed by atoms with Gasteiger partial charge in [0, 0.05) is 23.3 Å². The summed E-state index contributed by atoms with van der Waals surface area (Å²) in [5.41, 5.74) is 3.14. The van der Waals surface area contributed by atoms with Gasteiger partial charge in [-0.15, -0.1) is 5.10 Å². The highest BCUT2D eigenvalue weighted by atomic mass is 35.5. The fourth-order valence-electron chi connectivity index (χ4n) is 2.92. The minimum atomic E-state index is 0.384. The Hall–Kier alpha value is -3.85. The first-order chi connectivity index (χ1) is 14.2. The Kier molecular flexibility index (Phi) is 4.14. The highest BCUT2D eigenvalue weighted by molar-refractivity contribution is 6.30. The summed E-state index contributed by atoms with van der Waals surface area (Å²) in [7, 11) is 0. The molecule has 142 valence electrons. The number of hydrogen-bond acceptors (Lipinski definition) is 8. The van der Waals surface area contributed by atoms with Gasteiger partial charge >= 0.3 is 0 Å². The number of tetrazole rings is 1. The maximum Gasteiger partial charge on any atom is 0.182 e. The standard InChI is InChI=1S/C19H13ClN8O/c1-11-6-12(24-19-14-8-17(20)21-9-15(14)22-10-23-19)2-3-16(11)29-13-4-5-28-18(7-13)25-26-27-28/h2-10H,1H3,(H,22,23,24). The van der Waals surface area contributed by atoms with Crippen molar-refractivity contribution >= 4 is 39.7 Å². The third kappa shape index (κ3) is 3.39. The van der Waals surface area contributed by atoms with Crippen molar-refractivity contribution in [2.45, 2.75) is 6.92 Å². The molecule has 29 heavy (non-hydrogen) atoms. The molecular weight excluding hydrogens is 392 g/mol. The van der Waals surface area contributed by atoms with Crippen LogP contribution in [0.25, 0.3) is 16.6 Å². The first-order valence-electron chi connectivity index (χ1n) is 8.65. The maximum absolute atomic E-state index is 6.02. The Labute approximate surface area is 169 Å². The van der Waals surface area contributed by atoms with E-state index < -0.39 is 0 Å². The van der Waals surface area contributed by atoms with Gasteiger partial charge in [0.05, 0.1) is 11.7 Å². The van der Waals surface area contributed by atoms with Gasteiger partial charge in [-0.1, -0.05) is 11.6 Å². The molecule has 0 unspecified atom stereocenters. The van der Waals surface area contributed by atoms with Gasteiger partial charge in [0.2, 0.25) is 0 Å². The van der Waals surface area contributed by atoms with E-state index in [9.17, 15) is 0 Å². The fraction of sp³-hybridized carbons (Fsp3) is 0.0526. The summed E-state index contributed by atoms with van der Waals surface area (Å²) in [5.74, 6) is 2.03. The summed E-state index contributed by atoms with van der Waals surface area (Å²) in [4.78, 5) is 12.6. The first-order valence-corrected chi connectivity index (χ1v) is 9.03. The average molecular weight is 405 g/mol. The van der Waals surface area contributed by atoms with E-state index >= 15 is 0 Å². The summed E-state index contributed by atoms with van der Waals surface area (Å²) in [6.07, 6.45) is 4.85. The van der Waals surface area contributed by atoms with Gasteiger partial charge in [-0.3, -0.25) is 0 Å². The van der Waals surface area contributed by atoms with Crippen molar-refractivity contribution in [1.29, 1.82) is 0 Å². The lowest BCUT2D eigenvalue weighted by Gasteiger charge is -2.12. The van der Waals surface area contributed by atoms with Crippen LogP contribution in [0, 0.1) is 6.92 Å². The monoisotopic (exact) mass is 404 g/mol. The number of halogens is 1. The van der Waals surface area contributed by atoms with E-state index in [1.165, 1.54) is 6.33 Å². The van der Waals surface area contributed by atoms with E-state index in [1.807, 2.05) is 25.1 Å². The molecule has 0 fully saturated rings. The summed E-state index contributed by atoms with van der Waals surface area (Å²) in [6, 6.07) is 11.1. The number of nitrogens with one attached hydrogen (secondary N) is 1. The Balaban J connectivity index is 1.42. The van der Waals surface area contributed by atoms with Crippen molar-refractivity contribution in [1.82, 2.24) is 35.0 Å². The Morgan fingerprint density at radius 1 is 1.07 bits per heavy atom. The zero-order chi connectivity index (χ0) is 19.8. The van der Waals surface area contributed by atoms with Gasteiger partial charge in [-0.05, 0) is 53.2 Å². The Morgan fingerprint density at radius 2 is 2.00 bits per heavy atom. The summed E-state index contributed by atoms with van der Waals surface area (Å²) < 4.78 is 7.56. The number of nitrogens with zero attached hydrogens (tertiary/aromatic N) is 7. The summed E-state index contributed by atoms with van der Waals surface area (Å²) in [5, 5.41) is 15.9. The number of ether oxygens (including phenoxy) is 1. The summed E-state index contributed by atoms with van der Waals surface area (Å²) in [6.45, 7) is 1.97. The predicted octanol–water partition coefficient (Wildman–Crippen LogP) is 3.96. The molecule has 5 rings (SSSR count). The number of aromatic nitrogens is 7. The van der Waals surface area contributed by atoms with Gasteiger partial charge in [0.1, 0.15) is 28.8 Å². The number of anilines is 2. The van der Waals surface area contributed by atoms with Crippen LogP contribution >= 0.6 is 11.6 Å². The van der Waals surface area contributed by atoms with Gasteiger partial charge in [-0.2, -0.15) is 0 Å². The SMILES string of the molecule is Cc1cc(Nc2ncnc3cnc(Cl)cc23)ccc1Oc1ccn2nnnc2c1. The molecule has 0 saturated heterocycles. The van der Waals surface area contributed by atoms with Crippen molar-refractivity contribution in [2.75, 3.05) is 5.32 Å². The second kappa shape index (κ2) is 6.95. The molecule has 0 amide bonds. The van der Waals surface area contributed by atoms with Crippen LogP contribution in [-0.4, -0.2) is 35.0 Å². The molecule has 0 aliphatic heterocycles. The van der Waals surface area contributed by atoms with Gasteiger partial charge < -0.3 is 10.1 Å². The lowest BCUT2D eigenvalue weighted by Crippen LogP contribution is -1.97. The van der Waals surface area contributed by atoms with E-state index in [2.05, 4.69) is 35.8 Å². The predicted molar refractivity (Wildman–Crippen MR) is 108 cm³/mol. The minimum absolute atomic E-state index is 0.384. The molecule has 0 aliphatic rings. The minimum Gasteiger partial charge on any atom is -0.457 e. The number of pyridine rings is 2. The van der Waals surface area contributed by atoms with Crippen molar-refractivity contribution in [3.63, 3.8) is 0 Å². The molecule has 0 aliphatic carbocycles. The molecule has 1 aromatic carbocycles. The molecule has 0 bridgehead atoms. The average Bonchev–Trinajstić information content (AvgIpc) is 3.18. The molecule has 4 heterocycles. The highest BCUT2D eigenvalue weighted by Crippen LogP contribution is 2.30. The molecular formula is C19H13ClN8O. The number of benzene rings is 1. The van der Waals surface area contributed by atoms with Crippen LogP contribution in [0.4, 0.5) is 11.5 Å². The number of rotatable bonds is 4. The molecule has 4 aromatic heterocycles. The van der Waals surface area contributed by atoms with Crippen LogP contribution in [-0.2, 0) is 0 Å². The van der Waals surface area contributed by atoms with Crippen molar-refractivity contribution in [3.05, 3.63) is 65.8 Å². The van der Waals surface area contributed by atoms with E-state index in [0.29, 0.717) is 27.9 Å². The Bertz CT molecular complexity index is 1350. The van der Waals surface area contributed by atoms with Gasteiger partial charge in [-0.25, -0.2) is 19.5 Å². The first kappa shape index (κ1) is 17.3. The van der Waals surface area contributed by atoms with E-state index in [4.69, 9.17) is 16.3 Å². The van der Waals surface area contributed by atoms with E-state index in [0.717, 1.165) is 22.4 Å². The van der Waals surface area contributed by atoms with E-state index in [-0.39, 0.29) is 0 Å². The zero-order valence-corrected chi connectivity index (χ0v) is 15.9. The van der Waals surface area contributed by atoms with Crippen LogP contribution in [0.1, 0.15) is 5.56 Å². The molecule has 0 radical (unpaired) electrons. The number of hydrogen-bond donors (Lipinski definition) is 1. The topological polar surface area (TPSA) is 103 Å². The van der Waals surface area contributed by atoms with E-state index in [1.54, 1.807) is 35.1 Å². The van der Waals surface area contributed by atoms with Crippen molar-refractivity contribution in [3.8, 4) is 11.5 Å². The molecule has 1 N–H and O–H groups in total. The second-order valence-corrected chi connectivity index (χ2v) is 6.69. The molecule has 10 heteroatoms. The lowest BCUT2D eigenvalue weighted by atomic mass is 10.2. The highest BCUT2D eigenvalue weighted by Gasteiger charge is 2.09. The van der Waals surface area contributed by atoms with Crippen LogP contribution < -0.4 is 10.1 Å². The quantitative estimate of drug-likeness (QED) is 0.449.